The van der Waals surface area contributed by atoms with Crippen molar-refractivity contribution in [1.82, 2.24) is 0 Å². The zero-order valence-electron chi connectivity index (χ0n) is 6.64. The van der Waals surface area contributed by atoms with Gasteiger partial charge in [0.2, 0.25) is 5.91 Å². The fourth-order valence-corrected chi connectivity index (χ4v) is 1.61. The summed E-state index contributed by atoms with van der Waals surface area (Å²) in [6.07, 6.45) is 0. The fraction of sp³-hybridized carbons (Fsp3) is 0. The maximum absolute atomic E-state index is 10.9. The Kier molecular flexibility index (Phi) is 3.22. The van der Waals surface area contributed by atoms with Crippen LogP contribution < -0.4 is 5.73 Å². The van der Waals surface area contributed by atoms with Crippen LogP contribution in [0.2, 0.25) is 15.1 Å². The first-order chi connectivity index (χ1) is 6.49. The summed E-state index contributed by atoms with van der Waals surface area (Å²) < 4.78 is 0. The number of rotatable bonds is 1. The minimum absolute atomic E-state index is 0.0161. The number of nitrogens with two attached hydrogens (primary N) is 1. The molecule has 0 aliphatic carbocycles. The number of carbonyl (C=O) groups excluding carboxylic acids is 1. The van der Waals surface area contributed by atoms with Gasteiger partial charge in [-0.15, -0.1) is 0 Å². The normalized spacial score (nSPS) is 9.57. The van der Waals surface area contributed by atoms with E-state index in [2.05, 4.69) is 0 Å². The SMILES string of the molecule is N#Cc1c(Cl)c(Cl)cc(C(N)=O)c1Cl. The Morgan fingerprint density at radius 1 is 1.36 bits per heavy atom. The van der Waals surface area contributed by atoms with Crippen LogP contribution in [0.4, 0.5) is 0 Å². The quantitative estimate of drug-likeness (QED) is 0.777. The Labute approximate surface area is 95.0 Å². The van der Waals surface area contributed by atoms with Crippen molar-refractivity contribution >= 4 is 40.7 Å². The Balaban J connectivity index is 3.61. The second-order valence-corrected chi connectivity index (χ2v) is 3.55. The number of carbonyl (C=O) groups is 1. The van der Waals surface area contributed by atoms with E-state index in [9.17, 15) is 4.79 Å². The highest BCUT2D eigenvalue weighted by Crippen LogP contribution is 2.33. The molecule has 14 heavy (non-hydrogen) atoms. The van der Waals surface area contributed by atoms with Crippen LogP contribution in [0.3, 0.4) is 0 Å². The molecule has 2 N–H and O–H groups in total. The Bertz CT molecular complexity index is 451. The van der Waals surface area contributed by atoms with Crippen molar-refractivity contribution in [1.29, 1.82) is 5.26 Å². The maximum atomic E-state index is 10.9. The molecule has 1 rings (SSSR count). The van der Waals surface area contributed by atoms with E-state index in [1.165, 1.54) is 6.07 Å². The number of nitrogens with zero attached hydrogens (tertiary/aromatic N) is 1. The molecule has 1 aromatic rings. The van der Waals surface area contributed by atoms with Crippen LogP contribution in [0.5, 0.6) is 0 Å². The van der Waals surface area contributed by atoms with E-state index in [-0.39, 0.29) is 26.2 Å². The molecule has 0 spiro atoms. The van der Waals surface area contributed by atoms with E-state index < -0.39 is 5.91 Å². The molecule has 0 bridgehead atoms. The van der Waals surface area contributed by atoms with Gasteiger partial charge in [-0.3, -0.25) is 4.79 Å². The van der Waals surface area contributed by atoms with Crippen LogP contribution in [0.1, 0.15) is 15.9 Å². The number of amides is 1. The average molecular weight is 249 g/mol. The molecule has 0 aliphatic rings. The summed E-state index contributed by atoms with van der Waals surface area (Å²) in [7, 11) is 0. The summed E-state index contributed by atoms with van der Waals surface area (Å²) in [6, 6.07) is 2.98. The first-order valence-corrected chi connectivity index (χ1v) is 4.49. The van der Waals surface area contributed by atoms with Crippen molar-refractivity contribution < 1.29 is 4.79 Å². The standard InChI is InChI=1S/C8H3Cl3N2O/c9-5-1-3(8(13)14)6(10)4(2-12)7(5)11/h1H,(H2,13,14). The minimum atomic E-state index is -0.759. The number of halogens is 3. The predicted molar refractivity (Wildman–Crippen MR) is 54.7 cm³/mol. The zero-order chi connectivity index (χ0) is 10.9. The molecule has 0 radical (unpaired) electrons. The second-order valence-electron chi connectivity index (χ2n) is 2.38. The third kappa shape index (κ3) is 1.78. The third-order valence-corrected chi connectivity index (χ3v) is 2.71. The Hall–Kier alpha value is -0.950. The van der Waals surface area contributed by atoms with E-state index in [0.717, 1.165) is 0 Å². The summed E-state index contributed by atoms with van der Waals surface area (Å²) in [5, 5.41) is 8.71. The van der Waals surface area contributed by atoms with E-state index in [4.69, 9.17) is 45.8 Å². The van der Waals surface area contributed by atoms with Gasteiger partial charge in [0.25, 0.3) is 0 Å². The van der Waals surface area contributed by atoms with E-state index in [0.29, 0.717) is 0 Å². The van der Waals surface area contributed by atoms with Crippen molar-refractivity contribution in [3.63, 3.8) is 0 Å². The lowest BCUT2D eigenvalue weighted by atomic mass is 10.1. The van der Waals surface area contributed by atoms with Gasteiger partial charge < -0.3 is 5.73 Å². The molecule has 0 unspecified atom stereocenters. The predicted octanol–water partition coefficient (Wildman–Crippen LogP) is 2.62. The summed E-state index contributed by atoms with van der Waals surface area (Å²) in [6.45, 7) is 0. The smallest absolute Gasteiger partial charge is 0.250 e. The van der Waals surface area contributed by atoms with Crippen molar-refractivity contribution in [3.05, 3.63) is 32.3 Å². The van der Waals surface area contributed by atoms with Crippen LogP contribution in [0, 0.1) is 11.3 Å². The van der Waals surface area contributed by atoms with Gasteiger partial charge in [-0.05, 0) is 6.07 Å². The molecule has 0 aromatic heterocycles. The molecule has 6 heteroatoms. The lowest BCUT2D eigenvalue weighted by Gasteiger charge is -2.05. The number of nitriles is 1. The van der Waals surface area contributed by atoms with Crippen LogP contribution in [-0.4, -0.2) is 5.91 Å². The molecule has 0 aliphatic heterocycles. The summed E-state index contributed by atoms with van der Waals surface area (Å²) in [5.74, 6) is -0.759. The van der Waals surface area contributed by atoms with Gasteiger partial charge in [0, 0.05) is 0 Å². The van der Waals surface area contributed by atoms with Crippen LogP contribution in [0.25, 0.3) is 0 Å². The van der Waals surface area contributed by atoms with Gasteiger partial charge in [0.05, 0.1) is 26.2 Å². The van der Waals surface area contributed by atoms with E-state index in [1.54, 1.807) is 6.07 Å². The third-order valence-electron chi connectivity index (χ3n) is 1.53. The minimum Gasteiger partial charge on any atom is -0.366 e. The fourth-order valence-electron chi connectivity index (χ4n) is 0.881. The molecule has 0 fully saturated rings. The van der Waals surface area contributed by atoms with Crippen molar-refractivity contribution in [2.75, 3.05) is 0 Å². The van der Waals surface area contributed by atoms with Gasteiger partial charge in [-0.25, -0.2) is 0 Å². The maximum Gasteiger partial charge on any atom is 0.250 e. The number of hydrogen-bond acceptors (Lipinski definition) is 2. The zero-order valence-corrected chi connectivity index (χ0v) is 8.91. The molecular formula is C8H3Cl3N2O. The Morgan fingerprint density at radius 2 is 1.93 bits per heavy atom. The van der Waals surface area contributed by atoms with Crippen molar-refractivity contribution in [3.8, 4) is 6.07 Å². The molecule has 0 saturated heterocycles. The molecule has 0 heterocycles. The molecule has 72 valence electrons. The average Bonchev–Trinajstić information content (AvgIpc) is 2.12. The number of benzene rings is 1. The van der Waals surface area contributed by atoms with Crippen LogP contribution in [0.15, 0.2) is 6.07 Å². The highest BCUT2D eigenvalue weighted by Gasteiger charge is 2.17. The van der Waals surface area contributed by atoms with Crippen LogP contribution >= 0.6 is 34.8 Å². The van der Waals surface area contributed by atoms with Gasteiger partial charge >= 0.3 is 0 Å². The number of primary amides is 1. The van der Waals surface area contributed by atoms with Gasteiger partial charge in [0.15, 0.2) is 0 Å². The lowest BCUT2D eigenvalue weighted by Crippen LogP contribution is -2.12. The van der Waals surface area contributed by atoms with Crippen molar-refractivity contribution in [2.45, 2.75) is 0 Å². The summed E-state index contributed by atoms with van der Waals surface area (Å²) >= 11 is 17.1. The second kappa shape index (κ2) is 4.05. The monoisotopic (exact) mass is 248 g/mol. The molecule has 0 saturated carbocycles. The van der Waals surface area contributed by atoms with Gasteiger partial charge in [0.1, 0.15) is 6.07 Å². The summed E-state index contributed by atoms with van der Waals surface area (Å²) in [4.78, 5) is 10.9. The van der Waals surface area contributed by atoms with Crippen molar-refractivity contribution in [2.24, 2.45) is 5.73 Å². The number of hydrogen-bond donors (Lipinski definition) is 1. The molecule has 1 aromatic carbocycles. The largest absolute Gasteiger partial charge is 0.366 e. The highest BCUT2D eigenvalue weighted by atomic mass is 35.5. The van der Waals surface area contributed by atoms with Gasteiger partial charge in [-0.1, -0.05) is 34.8 Å². The topological polar surface area (TPSA) is 66.9 Å². The van der Waals surface area contributed by atoms with Gasteiger partial charge in [-0.2, -0.15) is 5.26 Å². The molecular weight excluding hydrogens is 246 g/mol. The summed E-state index contributed by atoms with van der Waals surface area (Å²) in [5.41, 5.74) is 4.96. The lowest BCUT2D eigenvalue weighted by molar-refractivity contribution is 0.100. The molecule has 3 nitrogen and oxygen atoms in total. The Morgan fingerprint density at radius 3 is 2.36 bits per heavy atom. The van der Waals surface area contributed by atoms with E-state index in [1.807, 2.05) is 0 Å². The van der Waals surface area contributed by atoms with Crippen LogP contribution in [-0.2, 0) is 0 Å². The first kappa shape index (κ1) is 11.1. The first-order valence-electron chi connectivity index (χ1n) is 3.36. The molecule has 1 amide bonds. The molecule has 0 atom stereocenters. The van der Waals surface area contributed by atoms with E-state index >= 15 is 0 Å². The highest BCUT2D eigenvalue weighted by molar-refractivity contribution is 6.45.